The van der Waals surface area contributed by atoms with Crippen molar-refractivity contribution in [2.24, 2.45) is 0 Å². The van der Waals surface area contributed by atoms with Crippen LogP contribution in [0.3, 0.4) is 0 Å². The first-order valence-electron chi connectivity index (χ1n) is 12.7. The first kappa shape index (κ1) is 29.2. The molecule has 41 heavy (non-hydrogen) atoms. The number of ether oxygens (including phenoxy) is 3. The van der Waals surface area contributed by atoms with Gasteiger partial charge in [-0.05, 0) is 31.2 Å². The van der Waals surface area contributed by atoms with Gasteiger partial charge in [-0.1, -0.05) is 0 Å². The SMILES string of the molecule is C[C@H]1O[C@@H](O[C@H]2[C@H](O)[C@H](O)[C@@H](CO)O[C@H]2c2c(O)cc(O)c3c(=O)cc(-c4ccc(O)cc4)oc23)[C@H](O)[C@@H](O)[C@@H]1O. The molecule has 0 spiro atoms. The molecule has 0 radical (unpaired) electrons. The van der Waals surface area contributed by atoms with E-state index in [1.165, 1.54) is 31.2 Å². The lowest BCUT2D eigenvalue weighted by Gasteiger charge is -2.46. The van der Waals surface area contributed by atoms with Gasteiger partial charge in [0.2, 0.25) is 0 Å². The van der Waals surface area contributed by atoms with Gasteiger partial charge in [0.15, 0.2) is 17.3 Å². The zero-order valence-electron chi connectivity index (χ0n) is 21.5. The molecule has 0 bridgehead atoms. The highest BCUT2D eigenvalue weighted by Crippen LogP contribution is 2.45. The van der Waals surface area contributed by atoms with Crippen molar-refractivity contribution < 1.29 is 64.6 Å². The van der Waals surface area contributed by atoms with E-state index in [0.29, 0.717) is 5.56 Å². The number of rotatable bonds is 5. The Hall–Kier alpha value is -3.31. The van der Waals surface area contributed by atoms with Gasteiger partial charge in [-0.15, -0.1) is 0 Å². The summed E-state index contributed by atoms with van der Waals surface area (Å²) >= 11 is 0. The van der Waals surface area contributed by atoms with E-state index in [-0.39, 0.29) is 28.0 Å². The molecular weight excluding hydrogens is 548 g/mol. The smallest absolute Gasteiger partial charge is 0.197 e. The summed E-state index contributed by atoms with van der Waals surface area (Å²) in [5.74, 6) is -1.39. The molecule has 222 valence electrons. The van der Waals surface area contributed by atoms with Crippen molar-refractivity contribution in [3.05, 3.63) is 52.2 Å². The Morgan fingerprint density at radius 1 is 0.829 bits per heavy atom. The molecule has 2 aliphatic heterocycles. The number of benzene rings is 2. The largest absolute Gasteiger partial charge is 0.508 e. The van der Waals surface area contributed by atoms with E-state index in [0.717, 1.165) is 12.1 Å². The maximum absolute atomic E-state index is 13.1. The quantitative estimate of drug-likeness (QED) is 0.175. The van der Waals surface area contributed by atoms with Crippen LogP contribution >= 0.6 is 0 Å². The number of hydrogen-bond acceptors (Lipinski definition) is 14. The lowest BCUT2D eigenvalue weighted by atomic mass is 9.89. The summed E-state index contributed by atoms with van der Waals surface area (Å²) in [5.41, 5.74) is -1.08. The normalized spacial score (nSPS) is 34.1. The lowest BCUT2D eigenvalue weighted by Crippen LogP contribution is -2.61. The van der Waals surface area contributed by atoms with E-state index < -0.39 is 84.8 Å². The molecule has 0 unspecified atom stereocenters. The van der Waals surface area contributed by atoms with Crippen LogP contribution in [0.4, 0.5) is 0 Å². The fourth-order valence-corrected chi connectivity index (χ4v) is 5.12. The van der Waals surface area contributed by atoms with Crippen LogP contribution in [0.25, 0.3) is 22.3 Å². The lowest BCUT2D eigenvalue weighted by molar-refractivity contribution is -0.338. The van der Waals surface area contributed by atoms with Crippen molar-refractivity contribution in [2.45, 2.75) is 68.1 Å². The monoisotopic (exact) mass is 578 g/mol. The van der Waals surface area contributed by atoms with Gasteiger partial charge >= 0.3 is 0 Å². The third-order valence-corrected chi connectivity index (χ3v) is 7.40. The maximum atomic E-state index is 13.1. The number of aliphatic hydroxyl groups excluding tert-OH is 6. The maximum Gasteiger partial charge on any atom is 0.197 e. The van der Waals surface area contributed by atoms with Crippen LogP contribution in [0.2, 0.25) is 0 Å². The third kappa shape index (κ3) is 5.14. The van der Waals surface area contributed by atoms with E-state index in [9.17, 15) is 50.8 Å². The molecule has 3 aromatic rings. The predicted octanol–water partition coefficient (Wildman–Crippen LogP) is -1.06. The Morgan fingerprint density at radius 2 is 1.51 bits per heavy atom. The van der Waals surface area contributed by atoms with Gasteiger partial charge in [-0.2, -0.15) is 0 Å². The Kier molecular flexibility index (Phi) is 7.95. The summed E-state index contributed by atoms with van der Waals surface area (Å²) in [6.07, 6.45) is -16.0. The summed E-state index contributed by atoms with van der Waals surface area (Å²) in [7, 11) is 0. The molecule has 2 saturated heterocycles. The van der Waals surface area contributed by atoms with Crippen LogP contribution in [-0.2, 0) is 14.2 Å². The van der Waals surface area contributed by atoms with Crippen LogP contribution in [0.15, 0.2) is 45.6 Å². The van der Waals surface area contributed by atoms with Gasteiger partial charge in [0.1, 0.15) is 77.2 Å². The van der Waals surface area contributed by atoms with E-state index >= 15 is 0 Å². The molecular formula is C27H30O14. The van der Waals surface area contributed by atoms with Crippen molar-refractivity contribution in [1.82, 2.24) is 0 Å². The predicted molar refractivity (Wildman–Crippen MR) is 137 cm³/mol. The zero-order valence-corrected chi connectivity index (χ0v) is 21.5. The molecule has 0 amide bonds. The van der Waals surface area contributed by atoms with E-state index in [4.69, 9.17) is 18.6 Å². The highest BCUT2D eigenvalue weighted by Gasteiger charge is 2.51. The molecule has 0 aliphatic carbocycles. The molecule has 2 fully saturated rings. The van der Waals surface area contributed by atoms with Crippen molar-refractivity contribution in [3.8, 4) is 28.6 Å². The highest BCUT2D eigenvalue weighted by atomic mass is 16.7. The van der Waals surface area contributed by atoms with E-state index in [1.54, 1.807) is 0 Å². The number of phenolic OH excluding ortho intramolecular Hbond substituents is 3. The summed E-state index contributed by atoms with van der Waals surface area (Å²) in [6.45, 7) is 0.613. The van der Waals surface area contributed by atoms with Crippen LogP contribution in [0.5, 0.6) is 17.2 Å². The molecule has 5 rings (SSSR count). The molecule has 3 heterocycles. The fourth-order valence-electron chi connectivity index (χ4n) is 5.12. The van der Waals surface area contributed by atoms with Crippen molar-refractivity contribution in [2.75, 3.05) is 6.61 Å². The number of hydrogen-bond donors (Lipinski definition) is 9. The summed E-state index contributed by atoms with van der Waals surface area (Å²) in [5, 5.41) is 93.0. The highest BCUT2D eigenvalue weighted by molar-refractivity contribution is 5.89. The summed E-state index contributed by atoms with van der Waals surface area (Å²) in [6, 6.07) is 7.53. The number of aliphatic hydroxyl groups is 6. The first-order chi connectivity index (χ1) is 19.4. The molecule has 2 aromatic carbocycles. The molecule has 14 nitrogen and oxygen atoms in total. The van der Waals surface area contributed by atoms with E-state index in [1.807, 2.05) is 0 Å². The van der Waals surface area contributed by atoms with Gasteiger partial charge in [0.25, 0.3) is 0 Å². The van der Waals surface area contributed by atoms with Crippen LogP contribution in [0, 0.1) is 0 Å². The van der Waals surface area contributed by atoms with Crippen LogP contribution < -0.4 is 5.43 Å². The van der Waals surface area contributed by atoms with E-state index in [2.05, 4.69) is 0 Å². The van der Waals surface area contributed by atoms with Gasteiger partial charge < -0.3 is 64.6 Å². The average Bonchev–Trinajstić information content (AvgIpc) is 2.93. The molecule has 2 aliphatic rings. The fraction of sp³-hybridized carbons (Fsp3) is 0.444. The van der Waals surface area contributed by atoms with Crippen molar-refractivity contribution >= 4 is 11.0 Å². The minimum atomic E-state index is -1.85. The summed E-state index contributed by atoms with van der Waals surface area (Å²) in [4.78, 5) is 13.1. The third-order valence-electron chi connectivity index (χ3n) is 7.40. The number of phenols is 3. The van der Waals surface area contributed by atoms with Crippen LogP contribution in [0.1, 0.15) is 18.6 Å². The van der Waals surface area contributed by atoms with Gasteiger partial charge in [-0.3, -0.25) is 4.79 Å². The second-order valence-corrected chi connectivity index (χ2v) is 10.1. The number of fused-ring (bicyclic) bond motifs is 1. The molecule has 10 atom stereocenters. The molecule has 9 N–H and O–H groups in total. The second-order valence-electron chi connectivity index (χ2n) is 10.1. The average molecular weight is 579 g/mol. The Morgan fingerprint density at radius 3 is 2.17 bits per heavy atom. The molecule has 1 aromatic heterocycles. The molecule has 0 saturated carbocycles. The summed E-state index contributed by atoms with van der Waals surface area (Å²) < 4.78 is 23.0. The second kappa shape index (κ2) is 11.2. The number of aromatic hydroxyl groups is 3. The topological polar surface area (TPSA) is 240 Å². The van der Waals surface area contributed by atoms with Gasteiger partial charge in [-0.25, -0.2) is 0 Å². The Balaban J connectivity index is 1.67. The van der Waals surface area contributed by atoms with Gasteiger partial charge in [0, 0.05) is 17.7 Å². The Labute approximate surface area is 231 Å². The minimum absolute atomic E-state index is 0.0294. The van der Waals surface area contributed by atoms with Crippen LogP contribution in [-0.4, -0.2) is 108 Å². The minimum Gasteiger partial charge on any atom is -0.508 e. The van der Waals surface area contributed by atoms with Gasteiger partial charge in [0.05, 0.1) is 18.3 Å². The molecule has 14 heteroatoms. The first-order valence-corrected chi connectivity index (χ1v) is 12.7. The zero-order chi connectivity index (χ0) is 29.7. The van der Waals surface area contributed by atoms with Crippen molar-refractivity contribution in [1.29, 1.82) is 0 Å². The standard InChI is InChI=1S/C27H30O14/c1-9-19(33)21(35)23(37)27(38-9)41-26-22(36)20(34)16(8-28)40-25(26)18-13(31)6-12(30)17-14(32)7-15(39-24(17)18)10-2-4-11(29)5-3-10/h2-7,9,16,19-23,25-31,33-37H,8H2,1H3/t9-,16-,19-,20-,21+,22-,23-,25+,26+,27+/m1/s1. The Bertz CT molecular complexity index is 1460. The van der Waals surface area contributed by atoms with Crippen molar-refractivity contribution in [3.63, 3.8) is 0 Å².